The van der Waals surface area contributed by atoms with Gasteiger partial charge in [0, 0.05) is 13.0 Å². The van der Waals surface area contributed by atoms with Crippen LogP contribution in [-0.4, -0.2) is 17.7 Å². The minimum absolute atomic E-state index is 0.0219. The number of hydrogen-bond acceptors (Lipinski definition) is 3. The van der Waals surface area contributed by atoms with Crippen LogP contribution in [0.25, 0.3) is 0 Å². The van der Waals surface area contributed by atoms with Crippen LogP contribution >= 0.6 is 11.6 Å². The van der Waals surface area contributed by atoms with E-state index in [4.69, 9.17) is 17.3 Å². The van der Waals surface area contributed by atoms with E-state index in [2.05, 4.69) is 10.3 Å². The molecule has 0 aliphatic rings. The van der Waals surface area contributed by atoms with Crippen molar-refractivity contribution in [1.29, 1.82) is 0 Å². The lowest BCUT2D eigenvalue weighted by Gasteiger charge is -2.09. The molecule has 16 heavy (non-hydrogen) atoms. The first-order valence-electron chi connectivity index (χ1n) is 4.60. The lowest BCUT2D eigenvalue weighted by Crippen LogP contribution is -2.11. The van der Waals surface area contributed by atoms with Crippen LogP contribution in [0.1, 0.15) is 12.8 Å². The molecule has 1 aromatic heterocycles. The first-order valence-corrected chi connectivity index (χ1v) is 4.98. The van der Waals surface area contributed by atoms with Crippen LogP contribution in [0, 0.1) is 0 Å². The number of pyridine rings is 1. The fourth-order valence-corrected chi connectivity index (χ4v) is 1.32. The Labute approximate surface area is 95.8 Å². The van der Waals surface area contributed by atoms with Gasteiger partial charge in [-0.2, -0.15) is 13.2 Å². The Morgan fingerprint density at radius 1 is 1.44 bits per heavy atom. The van der Waals surface area contributed by atoms with Crippen molar-refractivity contribution in [3.8, 4) is 0 Å². The lowest BCUT2D eigenvalue weighted by molar-refractivity contribution is -0.134. The van der Waals surface area contributed by atoms with Crippen LogP contribution in [0.4, 0.5) is 24.7 Å². The molecule has 0 saturated heterocycles. The summed E-state index contributed by atoms with van der Waals surface area (Å²) in [5.41, 5.74) is 5.82. The van der Waals surface area contributed by atoms with Crippen LogP contribution in [0.15, 0.2) is 12.3 Å². The maximum Gasteiger partial charge on any atom is 0.389 e. The van der Waals surface area contributed by atoms with Gasteiger partial charge in [-0.05, 0) is 12.5 Å². The van der Waals surface area contributed by atoms with E-state index < -0.39 is 12.6 Å². The molecule has 3 nitrogen and oxygen atoms in total. The zero-order chi connectivity index (χ0) is 12.2. The Bertz CT molecular complexity index is 354. The average molecular weight is 254 g/mol. The van der Waals surface area contributed by atoms with E-state index in [1.165, 1.54) is 12.3 Å². The normalized spacial score (nSPS) is 11.5. The zero-order valence-corrected chi connectivity index (χ0v) is 9.07. The van der Waals surface area contributed by atoms with Crippen molar-refractivity contribution in [1.82, 2.24) is 4.98 Å². The van der Waals surface area contributed by atoms with E-state index in [9.17, 15) is 13.2 Å². The first kappa shape index (κ1) is 12.9. The largest absolute Gasteiger partial charge is 0.397 e. The van der Waals surface area contributed by atoms with Crippen LogP contribution in [0.2, 0.25) is 5.02 Å². The number of anilines is 2. The highest BCUT2D eigenvalue weighted by atomic mass is 35.5. The molecule has 0 aliphatic carbocycles. The molecule has 0 radical (unpaired) electrons. The van der Waals surface area contributed by atoms with E-state index in [0.717, 1.165) is 0 Å². The van der Waals surface area contributed by atoms with E-state index >= 15 is 0 Å². The predicted molar refractivity (Wildman–Crippen MR) is 57.4 cm³/mol. The Kier molecular flexibility index (Phi) is 4.23. The second kappa shape index (κ2) is 5.25. The fourth-order valence-electron chi connectivity index (χ4n) is 1.08. The number of nitrogens with two attached hydrogens (primary N) is 1. The molecule has 1 aromatic rings. The molecule has 90 valence electrons. The number of nitrogens with zero attached hydrogens (tertiary/aromatic N) is 1. The number of nitrogen functional groups attached to an aromatic ring is 1. The van der Waals surface area contributed by atoms with Crippen LogP contribution < -0.4 is 11.1 Å². The van der Waals surface area contributed by atoms with Crippen molar-refractivity contribution < 1.29 is 13.2 Å². The van der Waals surface area contributed by atoms with Gasteiger partial charge in [-0.3, -0.25) is 0 Å². The highest BCUT2D eigenvalue weighted by molar-refractivity contribution is 6.33. The molecule has 1 rings (SSSR count). The smallest absolute Gasteiger partial charge is 0.389 e. The van der Waals surface area contributed by atoms with Crippen molar-refractivity contribution in [2.45, 2.75) is 19.0 Å². The molecule has 1 heterocycles. The monoisotopic (exact) mass is 253 g/mol. The Hall–Kier alpha value is -1.17. The zero-order valence-electron chi connectivity index (χ0n) is 8.31. The fraction of sp³-hybridized carbons (Fsp3) is 0.444. The molecule has 0 amide bonds. The van der Waals surface area contributed by atoms with Gasteiger partial charge in [-0.15, -0.1) is 0 Å². The highest BCUT2D eigenvalue weighted by Gasteiger charge is 2.25. The molecule has 7 heteroatoms. The summed E-state index contributed by atoms with van der Waals surface area (Å²) in [4.78, 5) is 3.86. The Morgan fingerprint density at radius 2 is 2.12 bits per heavy atom. The molecular formula is C9H11ClF3N3. The minimum Gasteiger partial charge on any atom is -0.397 e. The van der Waals surface area contributed by atoms with E-state index in [0.29, 0.717) is 16.5 Å². The summed E-state index contributed by atoms with van der Waals surface area (Å²) in [5, 5.41) is 3.01. The van der Waals surface area contributed by atoms with E-state index in [-0.39, 0.29) is 13.0 Å². The summed E-state index contributed by atoms with van der Waals surface area (Å²) < 4.78 is 35.5. The molecule has 0 spiro atoms. The predicted octanol–water partition coefficient (Wildman–Crippen LogP) is 3.07. The second-order valence-electron chi connectivity index (χ2n) is 3.24. The number of alkyl halides is 3. The molecule has 0 bridgehead atoms. The van der Waals surface area contributed by atoms with Crippen molar-refractivity contribution >= 4 is 23.1 Å². The molecule has 0 saturated carbocycles. The third-order valence-corrected chi connectivity index (χ3v) is 2.08. The number of hydrogen-bond donors (Lipinski definition) is 2. The summed E-state index contributed by atoms with van der Waals surface area (Å²) in [5.74, 6) is 0.345. The summed E-state index contributed by atoms with van der Waals surface area (Å²) in [6, 6.07) is 1.49. The van der Waals surface area contributed by atoms with Gasteiger partial charge in [0.1, 0.15) is 5.82 Å². The van der Waals surface area contributed by atoms with Crippen LogP contribution in [0.3, 0.4) is 0 Å². The third-order valence-electron chi connectivity index (χ3n) is 1.79. The number of rotatable bonds is 4. The maximum absolute atomic E-state index is 11.8. The van der Waals surface area contributed by atoms with Crippen molar-refractivity contribution in [3.05, 3.63) is 17.3 Å². The van der Waals surface area contributed by atoms with Gasteiger partial charge in [0.05, 0.1) is 16.9 Å². The molecule has 0 atom stereocenters. The third kappa shape index (κ3) is 4.57. The van der Waals surface area contributed by atoms with Crippen molar-refractivity contribution in [2.24, 2.45) is 0 Å². The Balaban J connectivity index is 2.38. The van der Waals surface area contributed by atoms with Gasteiger partial charge in [0.2, 0.25) is 0 Å². The highest BCUT2D eigenvalue weighted by Crippen LogP contribution is 2.23. The lowest BCUT2D eigenvalue weighted by atomic mass is 10.3. The van der Waals surface area contributed by atoms with Gasteiger partial charge in [0.15, 0.2) is 0 Å². The number of halogens is 4. The Morgan fingerprint density at radius 3 is 2.69 bits per heavy atom. The summed E-state index contributed by atoms with van der Waals surface area (Å²) in [6.07, 6.45) is -3.59. The van der Waals surface area contributed by atoms with Gasteiger partial charge in [0.25, 0.3) is 0 Å². The second-order valence-corrected chi connectivity index (χ2v) is 3.65. The van der Waals surface area contributed by atoms with Gasteiger partial charge in [-0.25, -0.2) is 4.98 Å². The van der Waals surface area contributed by atoms with Gasteiger partial charge < -0.3 is 11.1 Å². The summed E-state index contributed by atoms with van der Waals surface area (Å²) in [7, 11) is 0. The summed E-state index contributed by atoms with van der Waals surface area (Å²) in [6.45, 7) is 0.163. The van der Waals surface area contributed by atoms with Gasteiger partial charge >= 0.3 is 6.18 Å². The first-order chi connectivity index (χ1) is 7.38. The maximum atomic E-state index is 11.8. The molecule has 0 fully saturated rings. The average Bonchev–Trinajstić information content (AvgIpc) is 2.13. The van der Waals surface area contributed by atoms with E-state index in [1.54, 1.807) is 0 Å². The molecular weight excluding hydrogens is 243 g/mol. The quantitative estimate of drug-likeness (QED) is 0.811. The molecule has 0 unspecified atom stereocenters. The van der Waals surface area contributed by atoms with Crippen molar-refractivity contribution in [2.75, 3.05) is 17.6 Å². The number of nitrogens with one attached hydrogen (secondary N) is 1. The topological polar surface area (TPSA) is 50.9 Å². The molecule has 3 N–H and O–H groups in total. The van der Waals surface area contributed by atoms with E-state index in [1.807, 2.05) is 0 Å². The van der Waals surface area contributed by atoms with Crippen LogP contribution in [-0.2, 0) is 0 Å². The SMILES string of the molecule is Nc1cnc(NCCCC(F)(F)F)c(Cl)c1. The minimum atomic E-state index is -4.12. The van der Waals surface area contributed by atoms with Crippen LogP contribution in [0.5, 0.6) is 0 Å². The molecule has 0 aliphatic heterocycles. The number of aromatic nitrogens is 1. The molecule has 0 aromatic carbocycles. The summed E-state index contributed by atoms with van der Waals surface area (Å²) >= 11 is 5.77. The van der Waals surface area contributed by atoms with Crippen molar-refractivity contribution in [3.63, 3.8) is 0 Å². The van der Waals surface area contributed by atoms with Gasteiger partial charge in [-0.1, -0.05) is 11.6 Å². The standard InChI is InChI=1S/C9H11ClF3N3/c10-7-4-6(14)5-16-8(7)15-3-1-2-9(11,12)13/h4-5H,1-3,14H2,(H,15,16).